The first-order valence-electron chi connectivity index (χ1n) is 8.28. The summed E-state index contributed by atoms with van der Waals surface area (Å²) in [6, 6.07) is 8.03. The summed E-state index contributed by atoms with van der Waals surface area (Å²) in [7, 11) is 0. The Hall–Kier alpha value is -2.78. The molecule has 144 valence electrons. The van der Waals surface area contributed by atoms with Crippen LogP contribution < -0.4 is 10.2 Å². The highest BCUT2D eigenvalue weighted by molar-refractivity contribution is 7.22. The van der Waals surface area contributed by atoms with Crippen molar-refractivity contribution in [1.29, 1.82) is 0 Å². The van der Waals surface area contributed by atoms with Gasteiger partial charge in [-0.25, -0.2) is 18.6 Å². The fraction of sp³-hybridized carbons (Fsp3) is 0.167. The van der Waals surface area contributed by atoms with E-state index in [9.17, 15) is 18.4 Å². The fourth-order valence-electron chi connectivity index (χ4n) is 2.91. The van der Waals surface area contributed by atoms with Crippen molar-refractivity contribution in [3.63, 3.8) is 0 Å². The van der Waals surface area contributed by atoms with Gasteiger partial charge in [0.2, 0.25) is 5.91 Å². The molecule has 2 aromatic carbocycles. The molecule has 0 saturated carbocycles. The summed E-state index contributed by atoms with van der Waals surface area (Å²) in [6.45, 7) is 0.396. The SMILES string of the molecule is O=C(CN1CCN(c2ccc(F)c(F)c2)C1=O)Nc1nc2ccc(Cl)cc2s1. The van der Waals surface area contributed by atoms with E-state index in [1.807, 2.05) is 0 Å². The molecule has 4 rings (SSSR count). The molecule has 2 heterocycles. The molecule has 1 aromatic heterocycles. The van der Waals surface area contributed by atoms with Gasteiger partial charge in [0.1, 0.15) is 6.54 Å². The second-order valence-electron chi connectivity index (χ2n) is 6.13. The van der Waals surface area contributed by atoms with Crippen molar-refractivity contribution in [2.45, 2.75) is 0 Å². The molecule has 0 radical (unpaired) electrons. The summed E-state index contributed by atoms with van der Waals surface area (Å²) in [5.41, 5.74) is 0.960. The van der Waals surface area contributed by atoms with Crippen molar-refractivity contribution >= 4 is 55.9 Å². The largest absolute Gasteiger partial charge is 0.325 e. The minimum Gasteiger partial charge on any atom is -0.313 e. The van der Waals surface area contributed by atoms with Gasteiger partial charge in [-0.1, -0.05) is 22.9 Å². The molecule has 0 unspecified atom stereocenters. The molecule has 1 aliphatic heterocycles. The normalized spacial score (nSPS) is 14.2. The Balaban J connectivity index is 1.41. The van der Waals surface area contributed by atoms with Gasteiger partial charge in [0.15, 0.2) is 16.8 Å². The van der Waals surface area contributed by atoms with E-state index in [1.165, 1.54) is 27.2 Å². The van der Waals surface area contributed by atoms with Crippen LogP contribution in [0.1, 0.15) is 0 Å². The Morgan fingerprint density at radius 2 is 2.00 bits per heavy atom. The molecular formula is C18H13ClF2N4O2S. The lowest BCUT2D eigenvalue weighted by molar-refractivity contribution is -0.116. The van der Waals surface area contributed by atoms with Crippen LogP contribution in [-0.2, 0) is 4.79 Å². The van der Waals surface area contributed by atoms with Gasteiger partial charge in [-0.15, -0.1) is 0 Å². The third-order valence-electron chi connectivity index (χ3n) is 4.24. The first-order chi connectivity index (χ1) is 13.4. The Labute approximate surface area is 167 Å². The van der Waals surface area contributed by atoms with Crippen LogP contribution in [0.15, 0.2) is 36.4 Å². The lowest BCUT2D eigenvalue weighted by Crippen LogP contribution is -2.37. The monoisotopic (exact) mass is 422 g/mol. The highest BCUT2D eigenvalue weighted by Gasteiger charge is 2.31. The number of nitrogens with zero attached hydrogens (tertiary/aromatic N) is 3. The third kappa shape index (κ3) is 3.63. The van der Waals surface area contributed by atoms with Crippen LogP contribution in [0.2, 0.25) is 5.02 Å². The van der Waals surface area contributed by atoms with Gasteiger partial charge >= 0.3 is 6.03 Å². The molecule has 1 N–H and O–H groups in total. The number of benzene rings is 2. The standard InChI is InChI=1S/C18H13ClF2N4O2S/c19-10-1-4-14-15(7-10)28-17(22-14)23-16(26)9-24-5-6-25(18(24)27)11-2-3-12(20)13(21)8-11/h1-4,7-8H,5-6,9H2,(H,22,23,26). The van der Waals surface area contributed by atoms with Crippen molar-refractivity contribution in [2.24, 2.45) is 0 Å². The molecule has 0 bridgehead atoms. The zero-order valence-electron chi connectivity index (χ0n) is 14.3. The number of anilines is 2. The minimum atomic E-state index is -1.03. The number of carbonyl (C=O) groups is 2. The topological polar surface area (TPSA) is 65.5 Å². The maximum absolute atomic E-state index is 13.4. The fourth-order valence-corrected chi connectivity index (χ4v) is 4.06. The maximum Gasteiger partial charge on any atom is 0.325 e. The third-order valence-corrected chi connectivity index (χ3v) is 5.41. The summed E-state index contributed by atoms with van der Waals surface area (Å²) < 4.78 is 27.3. The van der Waals surface area contributed by atoms with Crippen LogP contribution in [0, 0.1) is 11.6 Å². The van der Waals surface area contributed by atoms with Gasteiger partial charge in [-0.2, -0.15) is 0 Å². The second kappa shape index (κ2) is 7.33. The number of carbonyl (C=O) groups excluding carboxylic acids is 2. The zero-order valence-corrected chi connectivity index (χ0v) is 15.9. The smallest absolute Gasteiger partial charge is 0.313 e. The number of amides is 3. The molecule has 10 heteroatoms. The highest BCUT2D eigenvalue weighted by Crippen LogP contribution is 2.28. The molecule has 1 aliphatic rings. The van der Waals surface area contributed by atoms with Crippen LogP contribution in [0.4, 0.5) is 24.4 Å². The van der Waals surface area contributed by atoms with Gasteiger partial charge in [0, 0.05) is 29.9 Å². The van der Waals surface area contributed by atoms with E-state index in [1.54, 1.807) is 18.2 Å². The number of rotatable bonds is 4. The Morgan fingerprint density at radius 1 is 1.18 bits per heavy atom. The molecule has 0 aliphatic carbocycles. The number of fused-ring (bicyclic) bond motifs is 1. The molecule has 6 nitrogen and oxygen atoms in total. The minimum absolute atomic E-state index is 0.171. The molecule has 0 atom stereocenters. The summed E-state index contributed by atoms with van der Waals surface area (Å²) in [5, 5.41) is 3.66. The molecule has 3 aromatic rings. The number of aromatic nitrogens is 1. The van der Waals surface area contributed by atoms with Crippen molar-refractivity contribution in [1.82, 2.24) is 9.88 Å². The zero-order chi connectivity index (χ0) is 19.8. The van der Waals surface area contributed by atoms with Crippen LogP contribution in [0.3, 0.4) is 0 Å². The van der Waals surface area contributed by atoms with Crippen LogP contribution in [-0.4, -0.2) is 41.5 Å². The Bertz CT molecular complexity index is 1090. The number of thiazole rings is 1. The summed E-state index contributed by atoms with van der Waals surface area (Å²) >= 11 is 7.22. The predicted molar refractivity (Wildman–Crippen MR) is 104 cm³/mol. The summed E-state index contributed by atoms with van der Waals surface area (Å²) in [4.78, 5) is 31.7. The average Bonchev–Trinajstić information content (AvgIpc) is 3.20. The van der Waals surface area contributed by atoms with E-state index < -0.39 is 23.6 Å². The van der Waals surface area contributed by atoms with Gasteiger partial charge in [-0.3, -0.25) is 9.69 Å². The molecule has 28 heavy (non-hydrogen) atoms. The Morgan fingerprint density at radius 3 is 2.79 bits per heavy atom. The van der Waals surface area contributed by atoms with E-state index in [-0.39, 0.29) is 18.8 Å². The van der Waals surface area contributed by atoms with E-state index in [0.717, 1.165) is 16.8 Å². The van der Waals surface area contributed by atoms with Crippen molar-refractivity contribution in [3.05, 3.63) is 53.1 Å². The number of nitrogens with one attached hydrogen (secondary N) is 1. The van der Waals surface area contributed by atoms with Gasteiger partial charge in [0.25, 0.3) is 0 Å². The van der Waals surface area contributed by atoms with Crippen LogP contribution >= 0.6 is 22.9 Å². The molecule has 3 amide bonds. The van der Waals surface area contributed by atoms with Gasteiger partial charge in [-0.05, 0) is 30.3 Å². The second-order valence-corrected chi connectivity index (χ2v) is 7.60. The van der Waals surface area contributed by atoms with Crippen molar-refractivity contribution in [3.8, 4) is 0 Å². The maximum atomic E-state index is 13.4. The van der Waals surface area contributed by atoms with Crippen molar-refractivity contribution < 1.29 is 18.4 Å². The number of hydrogen-bond donors (Lipinski definition) is 1. The van der Waals surface area contributed by atoms with E-state index in [4.69, 9.17) is 11.6 Å². The lowest BCUT2D eigenvalue weighted by Gasteiger charge is -2.18. The quantitative estimate of drug-likeness (QED) is 0.688. The average molecular weight is 423 g/mol. The first-order valence-corrected chi connectivity index (χ1v) is 9.47. The highest BCUT2D eigenvalue weighted by atomic mass is 35.5. The van der Waals surface area contributed by atoms with Crippen molar-refractivity contribution in [2.75, 3.05) is 29.9 Å². The van der Waals surface area contributed by atoms with Crippen LogP contribution in [0.25, 0.3) is 10.2 Å². The van der Waals surface area contributed by atoms with Crippen LogP contribution in [0.5, 0.6) is 0 Å². The number of hydrogen-bond acceptors (Lipinski definition) is 4. The van der Waals surface area contributed by atoms with E-state index in [2.05, 4.69) is 10.3 Å². The molecular weight excluding hydrogens is 410 g/mol. The molecule has 0 spiro atoms. The summed E-state index contributed by atoms with van der Waals surface area (Å²) in [5.74, 6) is -2.41. The molecule has 1 saturated heterocycles. The predicted octanol–water partition coefficient (Wildman–Crippen LogP) is 4.11. The summed E-state index contributed by atoms with van der Waals surface area (Å²) in [6.07, 6.45) is 0. The van der Waals surface area contributed by atoms with E-state index in [0.29, 0.717) is 22.2 Å². The van der Waals surface area contributed by atoms with E-state index >= 15 is 0 Å². The molecule has 1 fully saturated rings. The van der Waals surface area contributed by atoms with Gasteiger partial charge < -0.3 is 10.2 Å². The lowest BCUT2D eigenvalue weighted by atomic mass is 10.3. The first kappa shape index (κ1) is 18.6. The van der Waals surface area contributed by atoms with Gasteiger partial charge in [0.05, 0.1) is 10.2 Å². The number of urea groups is 1. The number of halogens is 3. The Kier molecular flexibility index (Phi) is 4.86.